The fraction of sp³-hybridized carbons (Fsp3) is 0.625. The molecule has 0 spiro atoms. The predicted octanol–water partition coefficient (Wildman–Crippen LogP) is 2.07. The first-order valence-electron chi connectivity index (χ1n) is 7.96. The maximum atomic E-state index is 12.4. The lowest BCUT2D eigenvalue weighted by molar-refractivity contribution is 0.0632. The molecule has 5 heteroatoms. The normalized spacial score (nSPS) is 16.0. The lowest BCUT2D eigenvalue weighted by Crippen LogP contribution is -2.48. The van der Waals surface area contributed by atoms with Crippen molar-refractivity contribution in [1.82, 2.24) is 14.8 Å². The Kier molecular flexibility index (Phi) is 5.99. The SMILES string of the molecule is CCCNc1ccc(C(=O)N2CCN(CCC)CC2)nc1. The summed E-state index contributed by atoms with van der Waals surface area (Å²) in [6.45, 7) is 9.90. The third-order valence-electron chi connectivity index (χ3n) is 3.76. The summed E-state index contributed by atoms with van der Waals surface area (Å²) in [7, 11) is 0. The van der Waals surface area contributed by atoms with Crippen molar-refractivity contribution < 1.29 is 4.79 Å². The standard InChI is InChI=1S/C16H26N4O/c1-3-7-17-14-5-6-15(18-13-14)16(21)20-11-9-19(8-4-2)10-12-20/h5-6,13,17H,3-4,7-12H2,1-2H3. The molecule has 1 saturated heterocycles. The quantitative estimate of drug-likeness (QED) is 0.871. The van der Waals surface area contributed by atoms with Crippen LogP contribution in [0.25, 0.3) is 0 Å². The number of hydrogen-bond donors (Lipinski definition) is 1. The summed E-state index contributed by atoms with van der Waals surface area (Å²) in [6, 6.07) is 3.75. The number of carbonyl (C=O) groups is 1. The topological polar surface area (TPSA) is 48.5 Å². The summed E-state index contributed by atoms with van der Waals surface area (Å²) in [5.41, 5.74) is 1.52. The molecule has 1 aliphatic heterocycles. The second kappa shape index (κ2) is 7.98. The lowest BCUT2D eigenvalue weighted by Gasteiger charge is -2.34. The number of amides is 1. The zero-order chi connectivity index (χ0) is 15.1. The minimum Gasteiger partial charge on any atom is -0.384 e. The Morgan fingerprint density at radius 3 is 2.52 bits per heavy atom. The molecule has 21 heavy (non-hydrogen) atoms. The van der Waals surface area contributed by atoms with Crippen molar-refractivity contribution in [3.8, 4) is 0 Å². The van der Waals surface area contributed by atoms with E-state index in [1.54, 1.807) is 6.20 Å². The van der Waals surface area contributed by atoms with Crippen LogP contribution in [0.15, 0.2) is 18.3 Å². The van der Waals surface area contributed by atoms with Gasteiger partial charge in [0.05, 0.1) is 11.9 Å². The van der Waals surface area contributed by atoms with Crippen molar-refractivity contribution in [1.29, 1.82) is 0 Å². The summed E-state index contributed by atoms with van der Waals surface area (Å²) in [5, 5.41) is 3.27. The molecule has 0 bridgehead atoms. The first-order valence-corrected chi connectivity index (χ1v) is 7.96. The van der Waals surface area contributed by atoms with Gasteiger partial charge in [-0.1, -0.05) is 13.8 Å². The van der Waals surface area contributed by atoms with Crippen molar-refractivity contribution >= 4 is 11.6 Å². The van der Waals surface area contributed by atoms with Gasteiger partial charge in [0, 0.05) is 32.7 Å². The smallest absolute Gasteiger partial charge is 0.272 e. The first kappa shape index (κ1) is 15.8. The molecule has 0 aliphatic carbocycles. The van der Waals surface area contributed by atoms with Gasteiger partial charge < -0.3 is 10.2 Å². The second-order valence-corrected chi connectivity index (χ2v) is 5.49. The molecule has 0 radical (unpaired) electrons. The molecule has 0 aromatic carbocycles. The van der Waals surface area contributed by atoms with Crippen LogP contribution >= 0.6 is 0 Å². The van der Waals surface area contributed by atoms with Crippen LogP contribution in [0.2, 0.25) is 0 Å². The van der Waals surface area contributed by atoms with Crippen LogP contribution in [0.1, 0.15) is 37.2 Å². The van der Waals surface area contributed by atoms with Gasteiger partial charge in [-0.05, 0) is 31.5 Å². The van der Waals surface area contributed by atoms with Gasteiger partial charge in [-0.3, -0.25) is 9.69 Å². The monoisotopic (exact) mass is 290 g/mol. The molecule has 0 saturated carbocycles. The Morgan fingerprint density at radius 1 is 1.19 bits per heavy atom. The summed E-state index contributed by atoms with van der Waals surface area (Å²) in [6.07, 6.45) is 3.99. The number of aromatic nitrogens is 1. The van der Waals surface area contributed by atoms with E-state index < -0.39 is 0 Å². The molecule has 116 valence electrons. The summed E-state index contributed by atoms with van der Waals surface area (Å²) >= 11 is 0. The molecule has 1 N–H and O–H groups in total. The van der Waals surface area contributed by atoms with Gasteiger partial charge in [-0.2, -0.15) is 0 Å². The number of anilines is 1. The van der Waals surface area contributed by atoms with Gasteiger partial charge in [0.1, 0.15) is 5.69 Å². The minimum atomic E-state index is 0.0492. The van der Waals surface area contributed by atoms with Crippen molar-refractivity contribution in [3.63, 3.8) is 0 Å². The number of hydrogen-bond acceptors (Lipinski definition) is 4. The van der Waals surface area contributed by atoms with E-state index in [1.807, 2.05) is 17.0 Å². The first-order chi connectivity index (χ1) is 10.2. The number of nitrogens with zero attached hydrogens (tertiary/aromatic N) is 3. The number of pyridine rings is 1. The van der Waals surface area contributed by atoms with Crippen molar-refractivity contribution in [2.24, 2.45) is 0 Å². The van der Waals surface area contributed by atoms with E-state index >= 15 is 0 Å². The highest BCUT2D eigenvalue weighted by atomic mass is 16.2. The van der Waals surface area contributed by atoms with Crippen molar-refractivity contribution in [3.05, 3.63) is 24.0 Å². The summed E-state index contributed by atoms with van der Waals surface area (Å²) < 4.78 is 0. The molecular formula is C16H26N4O. The number of nitrogens with one attached hydrogen (secondary N) is 1. The van der Waals surface area contributed by atoms with Gasteiger partial charge in [0.15, 0.2) is 0 Å². The van der Waals surface area contributed by atoms with Crippen molar-refractivity contribution in [2.45, 2.75) is 26.7 Å². The fourth-order valence-corrected chi connectivity index (χ4v) is 2.55. The lowest BCUT2D eigenvalue weighted by atomic mass is 10.2. The summed E-state index contributed by atoms with van der Waals surface area (Å²) in [4.78, 5) is 21.0. The second-order valence-electron chi connectivity index (χ2n) is 5.49. The molecule has 2 rings (SSSR count). The van der Waals surface area contributed by atoms with E-state index in [9.17, 15) is 4.79 Å². The van der Waals surface area contributed by atoms with Crippen LogP contribution in [0.4, 0.5) is 5.69 Å². The van der Waals surface area contributed by atoms with Crippen LogP contribution < -0.4 is 5.32 Å². The molecule has 0 unspecified atom stereocenters. The minimum absolute atomic E-state index is 0.0492. The highest BCUT2D eigenvalue weighted by Gasteiger charge is 2.22. The zero-order valence-corrected chi connectivity index (χ0v) is 13.1. The van der Waals surface area contributed by atoms with Crippen molar-refractivity contribution in [2.75, 3.05) is 44.6 Å². The molecule has 2 heterocycles. The Balaban J connectivity index is 1.88. The molecule has 1 aromatic heterocycles. The molecule has 1 aromatic rings. The van der Waals surface area contributed by atoms with Gasteiger partial charge in [0.2, 0.25) is 0 Å². The van der Waals surface area contributed by atoms with Crippen LogP contribution in [-0.4, -0.2) is 60.0 Å². The van der Waals surface area contributed by atoms with Crippen LogP contribution in [-0.2, 0) is 0 Å². The van der Waals surface area contributed by atoms with E-state index in [-0.39, 0.29) is 5.91 Å². The largest absolute Gasteiger partial charge is 0.384 e. The average Bonchev–Trinajstić information content (AvgIpc) is 2.54. The van der Waals surface area contributed by atoms with E-state index in [0.717, 1.165) is 51.4 Å². The number of carbonyl (C=O) groups excluding carboxylic acids is 1. The van der Waals surface area contributed by atoms with Crippen LogP contribution in [0.5, 0.6) is 0 Å². The van der Waals surface area contributed by atoms with E-state index in [4.69, 9.17) is 0 Å². The zero-order valence-electron chi connectivity index (χ0n) is 13.1. The van der Waals surface area contributed by atoms with Gasteiger partial charge in [-0.15, -0.1) is 0 Å². The molecule has 1 amide bonds. The predicted molar refractivity (Wildman–Crippen MR) is 85.7 cm³/mol. The molecule has 1 aliphatic rings. The van der Waals surface area contributed by atoms with Gasteiger partial charge in [0.25, 0.3) is 5.91 Å². The molecule has 0 atom stereocenters. The van der Waals surface area contributed by atoms with E-state index in [1.165, 1.54) is 6.42 Å². The maximum absolute atomic E-state index is 12.4. The average molecular weight is 290 g/mol. The Morgan fingerprint density at radius 2 is 1.95 bits per heavy atom. The molecule has 5 nitrogen and oxygen atoms in total. The van der Waals surface area contributed by atoms with Crippen LogP contribution in [0, 0.1) is 0 Å². The third kappa shape index (κ3) is 4.43. The Hall–Kier alpha value is -1.62. The molecular weight excluding hydrogens is 264 g/mol. The van der Waals surface area contributed by atoms with Crippen LogP contribution in [0.3, 0.4) is 0 Å². The molecule has 1 fully saturated rings. The van der Waals surface area contributed by atoms with E-state index in [0.29, 0.717) is 5.69 Å². The Labute approximate surface area is 127 Å². The number of piperazine rings is 1. The third-order valence-corrected chi connectivity index (χ3v) is 3.76. The Bertz CT molecular complexity index is 438. The highest BCUT2D eigenvalue weighted by Crippen LogP contribution is 2.10. The highest BCUT2D eigenvalue weighted by molar-refractivity contribution is 5.92. The van der Waals surface area contributed by atoms with Gasteiger partial charge >= 0.3 is 0 Å². The number of rotatable bonds is 6. The fourth-order valence-electron chi connectivity index (χ4n) is 2.55. The van der Waals surface area contributed by atoms with E-state index in [2.05, 4.69) is 29.0 Å². The maximum Gasteiger partial charge on any atom is 0.272 e. The van der Waals surface area contributed by atoms with Gasteiger partial charge in [-0.25, -0.2) is 4.98 Å². The summed E-state index contributed by atoms with van der Waals surface area (Å²) in [5.74, 6) is 0.0492.